The first-order valence-electron chi connectivity index (χ1n) is 9.64. The van der Waals surface area contributed by atoms with Gasteiger partial charge in [0.05, 0.1) is 17.4 Å². The highest BCUT2D eigenvalue weighted by Crippen LogP contribution is 2.41. The summed E-state index contributed by atoms with van der Waals surface area (Å²) in [7, 11) is 0. The van der Waals surface area contributed by atoms with E-state index in [9.17, 15) is 9.59 Å². The molecule has 1 aliphatic heterocycles. The van der Waals surface area contributed by atoms with Crippen molar-refractivity contribution in [2.45, 2.75) is 43.1 Å². The van der Waals surface area contributed by atoms with Gasteiger partial charge >= 0.3 is 0 Å². The third-order valence-corrected chi connectivity index (χ3v) is 5.61. The number of nitrogens with one attached hydrogen (secondary N) is 1. The Balaban J connectivity index is 1.77. The van der Waals surface area contributed by atoms with Gasteiger partial charge in [-0.05, 0) is 57.5 Å². The smallest absolute Gasteiger partial charge is 0.259 e. The van der Waals surface area contributed by atoms with Gasteiger partial charge in [0.2, 0.25) is 0 Å². The molecule has 5 nitrogen and oxygen atoms in total. The molecule has 2 amide bonds. The maximum Gasteiger partial charge on any atom is 0.259 e. The lowest BCUT2D eigenvalue weighted by Gasteiger charge is -2.21. The van der Waals surface area contributed by atoms with Crippen molar-refractivity contribution in [3.05, 3.63) is 53.6 Å². The van der Waals surface area contributed by atoms with Gasteiger partial charge in [-0.1, -0.05) is 23.9 Å². The standard InChI is InChI=1S/C22H26N2O3S/c1-4-24-18-14-16(21(25)23-12-7-13-27-15(2)3)10-11-20(18)28-19-9-6-5-8-17(19)22(24)26/h5-6,8-11,14-15H,4,7,12-13H2,1-3H3,(H,23,25). The lowest BCUT2D eigenvalue weighted by atomic mass is 10.1. The number of amides is 2. The molecule has 0 atom stereocenters. The fourth-order valence-corrected chi connectivity index (χ4v) is 4.13. The first-order valence-corrected chi connectivity index (χ1v) is 10.5. The molecule has 1 aliphatic rings. The van der Waals surface area contributed by atoms with E-state index in [-0.39, 0.29) is 17.9 Å². The van der Waals surface area contributed by atoms with Gasteiger partial charge in [-0.15, -0.1) is 0 Å². The third kappa shape index (κ3) is 4.56. The minimum Gasteiger partial charge on any atom is -0.379 e. The molecular formula is C22H26N2O3S. The molecule has 0 unspecified atom stereocenters. The number of ether oxygens (including phenoxy) is 1. The zero-order valence-electron chi connectivity index (χ0n) is 16.5. The number of hydrogen-bond donors (Lipinski definition) is 1. The maximum absolute atomic E-state index is 13.0. The lowest BCUT2D eigenvalue weighted by Crippen LogP contribution is -2.31. The quantitative estimate of drug-likeness (QED) is 0.704. The molecule has 1 heterocycles. The molecule has 3 rings (SSSR count). The van der Waals surface area contributed by atoms with Crippen LogP contribution in [0.4, 0.5) is 5.69 Å². The van der Waals surface area contributed by atoms with Gasteiger partial charge in [-0.3, -0.25) is 9.59 Å². The predicted molar refractivity (Wildman–Crippen MR) is 112 cm³/mol. The van der Waals surface area contributed by atoms with Crippen molar-refractivity contribution in [3.63, 3.8) is 0 Å². The van der Waals surface area contributed by atoms with Crippen LogP contribution in [-0.4, -0.2) is 37.6 Å². The Morgan fingerprint density at radius 3 is 2.71 bits per heavy atom. The van der Waals surface area contributed by atoms with Crippen molar-refractivity contribution >= 4 is 29.3 Å². The van der Waals surface area contributed by atoms with Gasteiger partial charge in [0, 0.05) is 35.1 Å². The monoisotopic (exact) mass is 398 g/mol. The van der Waals surface area contributed by atoms with Crippen molar-refractivity contribution < 1.29 is 14.3 Å². The van der Waals surface area contributed by atoms with Gasteiger partial charge in [0.25, 0.3) is 11.8 Å². The summed E-state index contributed by atoms with van der Waals surface area (Å²) in [5.74, 6) is -0.171. The predicted octanol–water partition coefficient (Wildman–Crippen LogP) is 4.36. The molecule has 0 fully saturated rings. The molecule has 148 valence electrons. The molecule has 0 saturated carbocycles. The first-order chi connectivity index (χ1) is 13.5. The van der Waals surface area contributed by atoms with Crippen molar-refractivity contribution in [1.82, 2.24) is 5.32 Å². The Kier molecular flexibility index (Phi) is 6.75. The van der Waals surface area contributed by atoms with Crippen LogP contribution < -0.4 is 10.2 Å². The summed E-state index contributed by atoms with van der Waals surface area (Å²) >= 11 is 1.56. The third-order valence-electron chi connectivity index (χ3n) is 4.47. The SMILES string of the molecule is CCN1C(=O)c2ccccc2Sc2ccc(C(=O)NCCCOC(C)C)cc21. The molecule has 6 heteroatoms. The molecule has 0 aliphatic carbocycles. The van der Waals surface area contributed by atoms with Crippen LogP contribution in [0.2, 0.25) is 0 Å². The van der Waals surface area contributed by atoms with Gasteiger partial charge in [-0.2, -0.15) is 0 Å². The number of fused-ring (bicyclic) bond motifs is 2. The molecule has 0 bridgehead atoms. The largest absolute Gasteiger partial charge is 0.379 e. The normalized spacial score (nSPS) is 13.1. The summed E-state index contributed by atoms with van der Waals surface area (Å²) in [6, 6.07) is 13.2. The van der Waals surface area contributed by atoms with E-state index >= 15 is 0 Å². The van der Waals surface area contributed by atoms with Gasteiger partial charge in [0.15, 0.2) is 0 Å². The second-order valence-electron chi connectivity index (χ2n) is 6.86. The van der Waals surface area contributed by atoms with Crippen LogP contribution in [0, 0.1) is 0 Å². The lowest BCUT2D eigenvalue weighted by molar-refractivity contribution is 0.0757. The fraction of sp³-hybridized carbons (Fsp3) is 0.364. The number of rotatable bonds is 7. The van der Waals surface area contributed by atoms with Crippen LogP contribution in [-0.2, 0) is 4.74 Å². The van der Waals surface area contributed by atoms with Crippen molar-refractivity contribution in [2.75, 3.05) is 24.6 Å². The molecule has 0 aromatic heterocycles. The molecular weight excluding hydrogens is 372 g/mol. The Morgan fingerprint density at radius 2 is 1.96 bits per heavy atom. The second-order valence-corrected chi connectivity index (χ2v) is 7.94. The fourth-order valence-electron chi connectivity index (χ4n) is 3.07. The number of anilines is 1. The zero-order valence-corrected chi connectivity index (χ0v) is 17.3. The number of nitrogens with zero attached hydrogens (tertiary/aromatic N) is 1. The number of hydrogen-bond acceptors (Lipinski definition) is 4. The maximum atomic E-state index is 13.0. The molecule has 1 N–H and O–H groups in total. The van der Waals surface area contributed by atoms with Crippen LogP contribution in [0.1, 0.15) is 47.9 Å². The highest BCUT2D eigenvalue weighted by molar-refractivity contribution is 7.99. The highest BCUT2D eigenvalue weighted by Gasteiger charge is 2.26. The molecule has 2 aromatic rings. The van der Waals surface area contributed by atoms with Gasteiger partial charge in [-0.25, -0.2) is 0 Å². The summed E-state index contributed by atoms with van der Waals surface area (Å²) in [6.07, 6.45) is 0.957. The molecule has 2 aromatic carbocycles. The molecule has 0 radical (unpaired) electrons. The number of carbonyl (C=O) groups excluding carboxylic acids is 2. The van der Waals surface area contributed by atoms with E-state index in [4.69, 9.17) is 4.74 Å². The topological polar surface area (TPSA) is 58.6 Å². The van der Waals surface area contributed by atoms with Crippen LogP contribution in [0.25, 0.3) is 0 Å². The van der Waals surface area contributed by atoms with E-state index < -0.39 is 0 Å². The van der Waals surface area contributed by atoms with E-state index in [1.807, 2.05) is 63.2 Å². The average molecular weight is 399 g/mol. The molecule has 0 saturated heterocycles. The number of carbonyl (C=O) groups is 2. The summed E-state index contributed by atoms with van der Waals surface area (Å²) < 4.78 is 5.49. The Bertz CT molecular complexity index is 867. The molecule has 28 heavy (non-hydrogen) atoms. The van der Waals surface area contributed by atoms with Crippen LogP contribution in [0.5, 0.6) is 0 Å². The van der Waals surface area contributed by atoms with E-state index in [2.05, 4.69) is 5.32 Å². The molecule has 0 spiro atoms. The van der Waals surface area contributed by atoms with Crippen molar-refractivity contribution in [3.8, 4) is 0 Å². The summed E-state index contributed by atoms with van der Waals surface area (Å²) in [4.78, 5) is 29.2. The summed E-state index contributed by atoms with van der Waals surface area (Å²) in [6.45, 7) is 7.64. The van der Waals surface area contributed by atoms with Crippen LogP contribution in [0.15, 0.2) is 52.3 Å². The van der Waals surface area contributed by atoms with E-state index in [1.54, 1.807) is 16.7 Å². The van der Waals surface area contributed by atoms with Crippen LogP contribution >= 0.6 is 11.8 Å². The highest BCUT2D eigenvalue weighted by atomic mass is 32.2. The zero-order chi connectivity index (χ0) is 20.1. The van der Waals surface area contributed by atoms with E-state index in [0.717, 1.165) is 21.9 Å². The minimum atomic E-state index is -0.136. The summed E-state index contributed by atoms with van der Waals surface area (Å²) in [5.41, 5.74) is 2.03. The van der Waals surface area contributed by atoms with E-state index in [1.165, 1.54) is 0 Å². The Morgan fingerprint density at radius 1 is 1.18 bits per heavy atom. The number of benzene rings is 2. The van der Waals surface area contributed by atoms with Crippen molar-refractivity contribution in [1.29, 1.82) is 0 Å². The van der Waals surface area contributed by atoms with Crippen LogP contribution in [0.3, 0.4) is 0 Å². The van der Waals surface area contributed by atoms with Gasteiger partial charge in [0.1, 0.15) is 0 Å². The van der Waals surface area contributed by atoms with Gasteiger partial charge < -0.3 is 15.0 Å². The Hall–Kier alpha value is -2.31. The van der Waals surface area contributed by atoms with Crippen molar-refractivity contribution in [2.24, 2.45) is 0 Å². The Labute approximate surface area is 170 Å². The minimum absolute atomic E-state index is 0.0345. The second kappa shape index (κ2) is 9.26. The summed E-state index contributed by atoms with van der Waals surface area (Å²) in [5, 5.41) is 2.93. The van der Waals surface area contributed by atoms with E-state index in [0.29, 0.717) is 30.8 Å². The first kappa shape index (κ1) is 20.4. The average Bonchev–Trinajstić information content (AvgIpc) is 2.80.